The van der Waals surface area contributed by atoms with Crippen LogP contribution in [0, 0.1) is 0 Å². The molecule has 0 aromatic heterocycles. The van der Waals surface area contributed by atoms with Crippen LogP contribution in [-0.2, 0) is 4.74 Å². The molecule has 0 radical (unpaired) electrons. The van der Waals surface area contributed by atoms with E-state index in [0.29, 0.717) is 10.9 Å². The van der Waals surface area contributed by atoms with Gasteiger partial charge in [0.15, 0.2) is 0 Å². The van der Waals surface area contributed by atoms with Gasteiger partial charge >= 0.3 is 0 Å². The van der Waals surface area contributed by atoms with E-state index in [9.17, 15) is 0 Å². The smallest absolute Gasteiger partial charge is 0.143 e. The summed E-state index contributed by atoms with van der Waals surface area (Å²) in [7, 11) is 0. The Kier molecular flexibility index (Phi) is 3.61. The second-order valence-electron chi connectivity index (χ2n) is 4.14. The fourth-order valence-electron chi connectivity index (χ4n) is 1.42. The van der Waals surface area contributed by atoms with Gasteiger partial charge in [-0.3, -0.25) is 0 Å². The highest BCUT2D eigenvalue weighted by Crippen LogP contribution is 2.33. The maximum absolute atomic E-state index is 5.86. The van der Waals surface area contributed by atoms with Crippen LogP contribution < -0.4 is 10.5 Å². The summed E-state index contributed by atoms with van der Waals surface area (Å²) in [6.07, 6.45) is 0.148. The summed E-state index contributed by atoms with van der Waals surface area (Å²) in [6.45, 7) is 5.68. The Balaban J connectivity index is 2.07. The summed E-state index contributed by atoms with van der Waals surface area (Å²) in [4.78, 5) is 1.19. The number of hydrogen-bond donors (Lipinski definition) is 1. The van der Waals surface area contributed by atoms with Crippen molar-refractivity contribution in [3.8, 4) is 5.75 Å². The van der Waals surface area contributed by atoms with Crippen molar-refractivity contribution < 1.29 is 9.47 Å². The lowest BCUT2D eigenvalue weighted by Gasteiger charge is -2.25. The Labute approximate surface area is 100 Å². The second-order valence-corrected chi connectivity index (χ2v) is 5.52. The third-order valence-electron chi connectivity index (χ3n) is 2.26. The van der Waals surface area contributed by atoms with Crippen LogP contribution >= 0.6 is 11.8 Å². The van der Waals surface area contributed by atoms with E-state index in [0.717, 1.165) is 19.0 Å². The van der Waals surface area contributed by atoms with Gasteiger partial charge in [-0.2, -0.15) is 0 Å². The number of benzene rings is 1. The molecule has 0 unspecified atom stereocenters. The Morgan fingerprint density at radius 3 is 2.75 bits per heavy atom. The second kappa shape index (κ2) is 4.97. The van der Waals surface area contributed by atoms with Gasteiger partial charge in [0.1, 0.15) is 5.75 Å². The number of ether oxygens (including phenoxy) is 2. The summed E-state index contributed by atoms with van der Waals surface area (Å²) in [5, 5.41) is 0.579. The summed E-state index contributed by atoms with van der Waals surface area (Å²) >= 11 is 1.82. The number of thioether (sulfide) groups is 1. The molecule has 0 saturated carbocycles. The van der Waals surface area contributed by atoms with Crippen LogP contribution in [0.25, 0.3) is 0 Å². The molecular formula is C12H17NO2S. The molecule has 4 heteroatoms. The van der Waals surface area contributed by atoms with E-state index in [2.05, 4.69) is 0 Å². The summed E-state index contributed by atoms with van der Waals surface area (Å²) in [5.74, 6) is 0.778. The Hall–Kier alpha value is -0.870. The molecule has 0 atom stereocenters. The molecule has 3 nitrogen and oxygen atoms in total. The van der Waals surface area contributed by atoms with Gasteiger partial charge in [0.05, 0.1) is 30.3 Å². The van der Waals surface area contributed by atoms with E-state index in [1.165, 1.54) is 4.90 Å². The minimum atomic E-state index is 0.148. The fourth-order valence-corrected chi connectivity index (χ4v) is 2.45. The number of nitrogens with two attached hydrogens (primary N) is 1. The van der Waals surface area contributed by atoms with Crippen molar-refractivity contribution in [1.29, 1.82) is 0 Å². The maximum atomic E-state index is 5.86. The highest BCUT2D eigenvalue weighted by molar-refractivity contribution is 8.00. The van der Waals surface area contributed by atoms with Gasteiger partial charge in [-0.25, -0.2) is 0 Å². The summed E-state index contributed by atoms with van der Waals surface area (Å²) < 4.78 is 10.8. The zero-order valence-electron chi connectivity index (χ0n) is 9.60. The van der Waals surface area contributed by atoms with Crippen molar-refractivity contribution in [2.45, 2.75) is 30.1 Å². The van der Waals surface area contributed by atoms with Gasteiger partial charge in [-0.05, 0) is 32.0 Å². The topological polar surface area (TPSA) is 44.5 Å². The minimum absolute atomic E-state index is 0.148. The van der Waals surface area contributed by atoms with Crippen molar-refractivity contribution in [2.75, 3.05) is 18.9 Å². The van der Waals surface area contributed by atoms with Crippen LogP contribution in [0.2, 0.25) is 0 Å². The molecule has 1 aromatic rings. The van der Waals surface area contributed by atoms with Crippen LogP contribution in [0.3, 0.4) is 0 Å². The van der Waals surface area contributed by atoms with E-state index in [1.54, 1.807) is 0 Å². The van der Waals surface area contributed by atoms with Gasteiger partial charge < -0.3 is 15.2 Å². The molecule has 88 valence electrons. The largest absolute Gasteiger partial charge is 0.489 e. The molecule has 0 bridgehead atoms. The monoisotopic (exact) mass is 239 g/mol. The lowest BCUT2D eigenvalue weighted by atomic mass is 10.3. The van der Waals surface area contributed by atoms with Crippen LogP contribution in [0.15, 0.2) is 23.1 Å². The molecule has 2 N–H and O–H groups in total. The van der Waals surface area contributed by atoms with Crippen molar-refractivity contribution >= 4 is 17.4 Å². The Morgan fingerprint density at radius 1 is 1.44 bits per heavy atom. The molecule has 16 heavy (non-hydrogen) atoms. The first-order valence-corrected chi connectivity index (χ1v) is 6.33. The lowest BCUT2D eigenvalue weighted by molar-refractivity contribution is 0.0455. The molecule has 0 spiro atoms. The van der Waals surface area contributed by atoms with Crippen LogP contribution in [0.4, 0.5) is 5.69 Å². The summed E-state index contributed by atoms with van der Waals surface area (Å²) in [5.41, 5.74) is 6.55. The predicted molar refractivity (Wildman–Crippen MR) is 67.1 cm³/mol. The SMILES string of the molecule is CC(C)Oc1cc(SC2COC2)ccc1N. The highest BCUT2D eigenvalue weighted by atomic mass is 32.2. The van der Waals surface area contributed by atoms with Crippen LogP contribution in [-0.4, -0.2) is 24.6 Å². The van der Waals surface area contributed by atoms with E-state index in [4.69, 9.17) is 15.2 Å². The number of rotatable bonds is 4. The Bertz CT molecular complexity index is 364. The van der Waals surface area contributed by atoms with Crippen molar-refractivity contribution in [3.05, 3.63) is 18.2 Å². The maximum Gasteiger partial charge on any atom is 0.143 e. The van der Waals surface area contributed by atoms with Gasteiger partial charge in [0, 0.05) is 4.90 Å². The van der Waals surface area contributed by atoms with Crippen LogP contribution in [0.1, 0.15) is 13.8 Å². The molecule has 1 fully saturated rings. The van der Waals surface area contributed by atoms with Crippen molar-refractivity contribution in [2.24, 2.45) is 0 Å². The van der Waals surface area contributed by atoms with E-state index in [1.807, 2.05) is 43.8 Å². The molecular weight excluding hydrogens is 222 g/mol. The average Bonchev–Trinajstić information content (AvgIpc) is 2.15. The molecule has 1 aliphatic heterocycles. The minimum Gasteiger partial charge on any atom is -0.489 e. The van der Waals surface area contributed by atoms with E-state index >= 15 is 0 Å². The van der Waals surface area contributed by atoms with Crippen molar-refractivity contribution in [3.63, 3.8) is 0 Å². The first kappa shape index (κ1) is 11.6. The molecule has 0 amide bonds. The third-order valence-corrected chi connectivity index (χ3v) is 3.39. The van der Waals surface area contributed by atoms with E-state index in [-0.39, 0.29) is 6.10 Å². The quantitative estimate of drug-likeness (QED) is 0.820. The normalized spacial score (nSPS) is 16.2. The lowest BCUT2D eigenvalue weighted by Crippen LogP contribution is -2.30. The first-order chi connectivity index (χ1) is 7.65. The van der Waals surface area contributed by atoms with Crippen molar-refractivity contribution in [1.82, 2.24) is 0 Å². The molecule has 1 aromatic carbocycles. The molecule has 1 saturated heterocycles. The molecule has 0 aliphatic carbocycles. The Morgan fingerprint density at radius 2 is 2.19 bits per heavy atom. The summed E-state index contributed by atoms with van der Waals surface area (Å²) in [6, 6.07) is 5.95. The van der Waals surface area contributed by atoms with Crippen LogP contribution in [0.5, 0.6) is 5.75 Å². The number of hydrogen-bond acceptors (Lipinski definition) is 4. The van der Waals surface area contributed by atoms with E-state index < -0.39 is 0 Å². The van der Waals surface area contributed by atoms with Gasteiger partial charge in [-0.15, -0.1) is 11.8 Å². The fraction of sp³-hybridized carbons (Fsp3) is 0.500. The standard InChI is InChI=1S/C12H17NO2S/c1-8(2)15-12-5-9(3-4-11(12)13)16-10-6-14-7-10/h3-5,8,10H,6-7,13H2,1-2H3. The highest BCUT2D eigenvalue weighted by Gasteiger charge is 2.19. The van der Waals surface area contributed by atoms with Gasteiger partial charge in [0.2, 0.25) is 0 Å². The molecule has 1 heterocycles. The first-order valence-electron chi connectivity index (χ1n) is 5.45. The van der Waals surface area contributed by atoms with Gasteiger partial charge in [0.25, 0.3) is 0 Å². The average molecular weight is 239 g/mol. The number of anilines is 1. The van der Waals surface area contributed by atoms with Gasteiger partial charge in [-0.1, -0.05) is 0 Å². The third kappa shape index (κ3) is 2.83. The molecule has 2 rings (SSSR count). The zero-order chi connectivity index (χ0) is 11.5. The molecule has 1 aliphatic rings. The zero-order valence-corrected chi connectivity index (χ0v) is 10.4. The predicted octanol–water partition coefficient (Wildman–Crippen LogP) is 2.55. The number of nitrogen functional groups attached to an aromatic ring is 1.